The number of hydrogen-bond acceptors (Lipinski definition) is 5. The Morgan fingerprint density at radius 1 is 1.41 bits per heavy atom. The normalized spacial score (nSPS) is 16.1. The van der Waals surface area contributed by atoms with E-state index in [4.69, 9.17) is 5.11 Å². The predicted molar refractivity (Wildman–Crippen MR) is 79.6 cm³/mol. The SMILES string of the molecule is CC(CS(C)(=O)=O)N(C(=O)c1ccc(C(=O)O)nc1)C1CC1. The van der Waals surface area contributed by atoms with Crippen LogP contribution in [0.25, 0.3) is 0 Å². The van der Waals surface area contributed by atoms with Crippen LogP contribution in [0.3, 0.4) is 0 Å². The number of carboxylic acid groups (broad SMARTS) is 1. The van der Waals surface area contributed by atoms with Gasteiger partial charge in [0.1, 0.15) is 15.5 Å². The maximum atomic E-state index is 12.6. The van der Waals surface area contributed by atoms with Crippen LogP contribution in [-0.2, 0) is 9.84 Å². The lowest BCUT2D eigenvalue weighted by molar-refractivity contribution is 0.0675. The quantitative estimate of drug-likeness (QED) is 0.830. The Labute approximate surface area is 128 Å². The van der Waals surface area contributed by atoms with Gasteiger partial charge < -0.3 is 10.0 Å². The van der Waals surface area contributed by atoms with Crippen molar-refractivity contribution in [2.24, 2.45) is 0 Å². The van der Waals surface area contributed by atoms with Gasteiger partial charge in [0.05, 0.1) is 11.3 Å². The Hall–Kier alpha value is -1.96. The number of carbonyl (C=O) groups excluding carboxylic acids is 1. The Kier molecular flexibility index (Phi) is 4.50. The maximum absolute atomic E-state index is 12.6. The van der Waals surface area contributed by atoms with Crippen molar-refractivity contribution in [1.82, 2.24) is 9.88 Å². The van der Waals surface area contributed by atoms with Gasteiger partial charge in [-0.1, -0.05) is 0 Å². The average molecular weight is 326 g/mol. The Morgan fingerprint density at radius 2 is 2.05 bits per heavy atom. The van der Waals surface area contributed by atoms with Gasteiger partial charge in [0.25, 0.3) is 5.91 Å². The highest BCUT2D eigenvalue weighted by Gasteiger charge is 2.37. The molecule has 2 rings (SSSR count). The topological polar surface area (TPSA) is 105 Å². The minimum Gasteiger partial charge on any atom is -0.477 e. The maximum Gasteiger partial charge on any atom is 0.354 e. The summed E-state index contributed by atoms with van der Waals surface area (Å²) < 4.78 is 22.9. The second-order valence-corrected chi connectivity index (χ2v) is 7.81. The van der Waals surface area contributed by atoms with Crippen molar-refractivity contribution in [2.45, 2.75) is 31.8 Å². The van der Waals surface area contributed by atoms with Gasteiger partial charge in [-0.2, -0.15) is 0 Å². The predicted octanol–water partition coefficient (Wildman–Crippen LogP) is 0.817. The molecular formula is C14H18N2O5S. The van der Waals surface area contributed by atoms with Crippen molar-refractivity contribution in [3.8, 4) is 0 Å². The molecule has 1 N–H and O–H groups in total. The first-order valence-corrected chi connectivity index (χ1v) is 8.95. The van der Waals surface area contributed by atoms with Gasteiger partial charge in [0.15, 0.2) is 0 Å². The van der Waals surface area contributed by atoms with Crippen LogP contribution in [0.2, 0.25) is 0 Å². The summed E-state index contributed by atoms with van der Waals surface area (Å²) in [5.41, 5.74) is 0.121. The molecule has 1 aliphatic rings. The number of aromatic nitrogens is 1. The molecule has 0 spiro atoms. The van der Waals surface area contributed by atoms with Crippen LogP contribution in [0.1, 0.15) is 40.6 Å². The fourth-order valence-corrected chi connectivity index (χ4v) is 3.43. The largest absolute Gasteiger partial charge is 0.477 e. The summed E-state index contributed by atoms with van der Waals surface area (Å²) in [6, 6.07) is 2.28. The van der Waals surface area contributed by atoms with Gasteiger partial charge in [-0.15, -0.1) is 0 Å². The number of carboxylic acids is 1. The zero-order chi connectivity index (χ0) is 16.5. The third-order valence-corrected chi connectivity index (χ3v) is 4.51. The lowest BCUT2D eigenvalue weighted by atomic mass is 10.2. The summed E-state index contributed by atoms with van der Waals surface area (Å²) in [5.74, 6) is -1.58. The van der Waals surface area contributed by atoms with E-state index in [2.05, 4.69) is 4.98 Å². The van der Waals surface area contributed by atoms with Crippen LogP contribution >= 0.6 is 0 Å². The molecule has 120 valence electrons. The molecule has 8 heteroatoms. The van der Waals surface area contributed by atoms with Gasteiger partial charge in [-0.3, -0.25) is 4.79 Å². The number of nitrogens with zero attached hydrogens (tertiary/aromatic N) is 2. The second kappa shape index (κ2) is 6.04. The van der Waals surface area contributed by atoms with Crippen LogP contribution in [0.15, 0.2) is 18.3 Å². The molecule has 1 amide bonds. The van der Waals surface area contributed by atoms with Crippen molar-refractivity contribution >= 4 is 21.7 Å². The van der Waals surface area contributed by atoms with Gasteiger partial charge >= 0.3 is 5.97 Å². The Balaban J connectivity index is 2.21. The highest BCUT2D eigenvalue weighted by Crippen LogP contribution is 2.30. The summed E-state index contributed by atoms with van der Waals surface area (Å²) in [6.07, 6.45) is 4.05. The monoisotopic (exact) mass is 326 g/mol. The third kappa shape index (κ3) is 4.03. The first-order chi connectivity index (χ1) is 10.2. The van der Waals surface area contributed by atoms with E-state index < -0.39 is 21.8 Å². The first kappa shape index (κ1) is 16.4. The molecule has 0 aromatic carbocycles. The van der Waals surface area contributed by atoms with Crippen LogP contribution in [0.5, 0.6) is 0 Å². The smallest absolute Gasteiger partial charge is 0.354 e. The highest BCUT2D eigenvalue weighted by atomic mass is 32.2. The van der Waals surface area contributed by atoms with Crippen molar-refractivity contribution in [3.05, 3.63) is 29.6 Å². The van der Waals surface area contributed by atoms with Gasteiger partial charge in [0.2, 0.25) is 0 Å². The van der Waals surface area contributed by atoms with E-state index in [1.54, 1.807) is 11.8 Å². The Bertz CT molecular complexity index is 680. The van der Waals surface area contributed by atoms with Crippen LogP contribution in [0.4, 0.5) is 0 Å². The van der Waals surface area contributed by atoms with E-state index in [0.717, 1.165) is 19.1 Å². The molecule has 1 heterocycles. The number of pyridine rings is 1. The molecule has 1 aromatic rings. The molecule has 0 aliphatic heterocycles. The van der Waals surface area contributed by atoms with E-state index in [9.17, 15) is 18.0 Å². The molecule has 1 aromatic heterocycles. The van der Waals surface area contributed by atoms with E-state index >= 15 is 0 Å². The molecule has 1 fully saturated rings. The molecule has 0 bridgehead atoms. The minimum atomic E-state index is -3.20. The van der Waals surface area contributed by atoms with Crippen LogP contribution in [-0.4, -0.2) is 59.4 Å². The van der Waals surface area contributed by atoms with Crippen LogP contribution < -0.4 is 0 Å². The molecule has 0 radical (unpaired) electrons. The summed E-state index contributed by atoms with van der Waals surface area (Å²) in [6.45, 7) is 1.70. The minimum absolute atomic E-state index is 0.0448. The van der Waals surface area contributed by atoms with Crippen molar-refractivity contribution < 1.29 is 23.1 Å². The van der Waals surface area contributed by atoms with E-state index in [1.807, 2.05) is 0 Å². The summed E-state index contributed by atoms with van der Waals surface area (Å²) >= 11 is 0. The lowest BCUT2D eigenvalue weighted by Crippen LogP contribution is -2.43. The molecule has 0 saturated heterocycles. The summed E-state index contributed by atoms with van der Waals surface area (Å²) in [4.78, 5) is 28.7. The Morgan fingerprint density at radius 3 is 2.45 bits per heavy atom. The second-order valence-electron chi connectivity index (χ2n) is 5.62. The number of aromatic carboxylic acids is 1. The number of carbonyl (C=O) groups is 2. The molecule has 22 heavy (non-hydrogen) atoms. The number of hydrogen-bond donors (Lipinski definition) is 1. The van der Waals surface area contributed by atoms with E-state index in [1.165, 1.54) is 18.3 Å². The fourth-order valence-electron chi connectivity index (χ4n) is 2.39. The van der Waals surface area contributed by atoms with Crippen molar-refractivity contribution in [2.75, 3.05) is 12.0 Å². The van der Waals surface area contributed by atoms with E-state index in [0.29, 0.717) is 0 Å². The first-order valence-electron chi connectivity index (χ1n) is 6.89. The molecule has 1 atom stereocenters. The number of amides is 1. The van der Waals surface area contributed by atoms with Gasteiger partial charge in [-0.25, -0.2) is 18.2 Å². The number of sulfone groups is 1. The molecule has 1 saturated carbocycles. The molecular weight excluding hydrogens is 308 g/mol. The third-order valence-electron chi connectivity index (χ3n) is 3.42. The van der Waals surface area contributed by atoms with Crippen molar-refractivity contribution in [3.63, 3.8) is 0 Å². The number of rotatable bonds is 6. The highest BCUT2D eigenvalue weighted by molar-refractivity contribution is 7.90. The standard InChI is InChI=1S/C14H18N2O5S/c1-9(8-22(2,20)21)16(11-4-5-11)13(17)10-3-6-12(14(18)19)15-7-10/h3,6-7,9,11H,4-5,8H2,1-2H3,(H,18,19). The van der Waals surface area contributed by atoms with E-state index in [-0.39, 0.29) is 29.0 Å². The summed E-state index contributed by atoms with van der Waals surface area (Å²) in [5, 5.41) is 8.81. The van der Waals surface area contributed by atoms with Crippen molar-refractivity contribution in [1.29, 1.82) is 0 Å². The van der Waals surface area contributed by atoms with Crippen LogP contribution in [0, 0.1) is 0 Å². The average Bonchev–Trinajstić information content (AvgIpc) is 3.21. The summed E-state index contributed by atoms with van der Waals surface area (Å²) in [7, 11) is -3.20. The molecule has 7 nitrogen and oxygen atoms in total. The zero-order valence-corrected chi connectivity index (χ0v) is 13.2. The van der Waals surface area contributed by atoms with Gasteiger partial charge in [0, 0.05) is 24.5 Å². The van der Waals surface area contributed by atoms with Gasteiger partial charge in [-0.05, 0) is 31.9 Å². The lowest BCUT2D eigenvalue weighted by Gasteiger charge is -2.29. The zero-order valence-electron chi connectivity index (χ0n) is 12.4. The molecule has 1 unspecified atom stereocenters. The molecule has 1 aliphatic carbocycles. The fraction of sp³-hybridized carbons (Fsp3) is 0.500.